The van der Waals surface area contributed by atoms with Gasteiger partial charge in [-0.05, 0) is 63.2 Å². The zero-order valence-corrected chi connectivity index (χ0v) is 17.2. The summed E-state index contributed by atoms with van der Waals surface area (Å²) in [4.78, 5) is 10.1. The fourth-order valence-corrected chi connectivity index (χ4v) is 4.68. The number of nitrogens with zero attached hydrogens (tertiary/aromatic N) is 3. The van der Waals surface area contributed by atoms with E-state index >= 15 is 0 Å². The van der Waals surface area contributed by atoms with E-state index in [0.29, 0.717) is 6.10 Å². The molecule has 0 saturated carbocycles. The Morgan fingerprint density at radius 2 is 2.07 bits per heavy atom. The number of aliphatic imine (C=N–C) groups is 1. The molecule has 6 heteroatoms. The van der Waals surface area contributed by atoms with Gasteiger partial charge >= 0.3 is 0 Å². The molecule has 0 radical (unpaired) electrons. The lowest BCUT2D eigenvalue weighted by Gasteiger charge is -2.29. The molecule has 3 aliphatic heterocycles. The molecule has 3 saturated heterocycles. The number of hydrogen-bond donors (Lipinski definition) is 1. The summed E-state index contributed by atoms with van der Waals surface area (Å²) in [6.45, 7) is 8.58. The van der Waals surface area contributed by atoms with Crippen molar-refractivity contribution in [3.63, 3.8) is 0 Å². The van der Waals surface area contributed by atoms with Crippen LogP contribution in [0.1, 0.15) is 44.3 Å². The molecule has 0 amide bonds. The fraction of sp³-hybridized carbons (Fsp3) is 0.773. The van der Waals surface area contributed by atoms with Crippen molar-refractivity contribution in [3.05, 3.63) is 24.2 Å². The van der Waals surface area contributed by atoms with Crippen molar-refractivity contribution in [2.75, 3.05) is 52.4 Å². The summed E-state index contributed by atoms with van der Waals surface area (Å²) in [7, 11) is 0. The highest BCUT2D eigenvalue weighted by atomic mass is 16.5. The Balaban J connectivity index is 1.30. The molecule has 0 spiro atoms. The quantitative estimate of drug-likeness (QED) is 0.575. The first-order chi connectivity index (χ1) is 13.9. The maximum absolute atomic E-state index is 5.78. The molecule has 1 N–H and O–H groups in total. The second-order valence-electron chi connectivity index (χ2n) is 8.52. The van der Waals surface area contributed by atoms with E-state index in [9.17, 15) is 0 Å². The van der Waals surface area contributed by atoms with Gasteiger partial charge in [0, 0.05) is 39.2 Å². The van der Waals surface area contributed by atoms with E-state index in [-0.39, 0.29) is 0 Å². The number of piperidine rings is 1. The van der Waals surface area contributed by atoms with Gasteiger partial charge < -0.3 is 24.3 Å². The minimum atomic E-state index is 0.300. The molecule has 0 aliphatic carbocycles. The number of likely N-dealkylation sites (tertiary alicyclic amines) is 2. The van der Waals surface area contributed by atoms with Crippen LogP contribution < -0.4 is 5.32 Å². The summed E-state index contributed by atoms with van der Waals surface area (Å²) < 4.78 is 11.2. The van der Waals surface area contributed by atoms with Crippen LogP contribution in [0.2, 0.25) is 0 Å². The molecule has 1 aromatic heterocycles. The van der Waals surface area contributed by atoms with Crippen molar-refractivity contribution in [1.82, 2.24) is 15.1 Å². The lowest BCUT2D eigenvalue weighted by Crippen LogP contribution is -2.42. The van der Waals surface area contributed by atoms with E-state index in [0.717, 1.165) is 63.3 Å². The monoisotopic (exact) mass is 388 g/mol. The van der Waals surface area contributed by atoms with E-state index in [4.69, 9.17) is 14.1 Å². The Bertz CT molecular complexity index is 592. The molecule has 156 valence electrons. The highest BCUT2D eigenvalue weighted by molar-refractivity contribution is 5.80. The largest absolute Gasteiger partial charge is 0.469 e. The zero-order valence-electron chi connectivity index (χ0n) is 17.2. The smallest absolute Gasteiger partial charge is 0.194 e. The topological polar surface area (TPSA) is 53.2 Å². The maximum atomic E-state index is 5.78. The van der Waals surface area contributed by atoms with E-state index in [1.54, 1.807) is 6.26 Å². The molecule has 1 aromatic rings. The minimum Gasteiger partial charge on any atom is -0.469 e. The van der Waals surface area contributed by atoms with Gasteiger partial charge in [-0.25, -0.2) is 0 Å². The van der Waals surface area contributed by atoms with Crippen LogP contribution in [0, 0.1) is 5.92 Å². The molecule has 0 aromatic carbocycles. The molecule has 4 heterocycles. The van der Waals surface area contributed by atoms with Crippen molar-refractivity contribution in [1.29, 1.82) is 0 Å². The maximum Gasteiger partial charge on any atom is 0.194 e. The summed E-state index contributed by atoms with van der Waals surface area (Å²) in [6, 6.07) is 3.99. The number of nitrogens with one attached hydrogen (secondary N) is 1. The number of ether oxygens (including phenoxy) is 1. The van der Waals surface area contributed by atoms with Gasteiger partial charge in [0.2, 0.25) is 0 Å². The molecule has 0 bridgehead atoms. The van der Waals surface area contributed by atoms with Crippen LogP contribution in [0.5, 0.6) is 0 Å². The van der Waals surface area contributed by atoms with Gasteiger partial charge in [-0.3, -0.25) is 4.99 Å². The predicted octanol–water partition coefficient (Wildman–Crippen LogP) is 2.75. The van der Waals surface area contributed by atoms with E-state index < -0.39 is 0 Å². The molecule has 6 nitrogen and oxygen atoms in total. The van der Waals surface area contributed by atoms with Gasteiger partial charge in [-0.15, -0.1) is 0 Å². The minimum absolute atomic E-state index is 0.300. The highest BCUT2D eigenvalue weighted by Crippen LogP contribution is 2.20. The molecular weight excluding hydrogens is 352 g/mol. The zero-order chi connectivity index (χ0) is 19.0. The van der Waals surface area contributed by atoms with E-state index in [1.165, 1.54) is 51.7 Å². The van der Waals surface area contributed by atoms with Crippen molar-refractivity contribution in [2.24, 2.45) is 10.9 Å². The summed E-state index contributed by atoms with van der Waals surface area (Å²) >= 11 is 0. The second kappa shape index (κ2) is 10.3. The molecule has 4 rings (SSSR count). The van der Waals surface area contributed by atoms with Gasteiger partial charge in [0.25, 0.3) is 0 Å². The Morgan fingerprint density at radius 1 is 1.14 bits per heavy atom. The number of hydrogen-bond acceptors (Lipinski definition) is 4. The summed E-state index contributed by atoms with van der Waals surface area (Å²) in [6.07, 6.45) is 10.7. The number of rotatable bonds is 7. The molecule has 3 fully saturated rings. The second-order valence-corrected chi connectivity index (χ2v) is 8.52. The van der Waals surface area contributed by atoms with Crippen molar-refractivity contribution < 1.29 is 9.15 Å². The molecular formula is C22H36N4O2. The van der Waals surface area contributed by atoms with Crippen molar-refractivity contribution >= 4 is 5.96 Å². The third-order valence-corrected chi connectivity index (χ3v) is 6.25. The Morgan fingerprint density at radius 3 is 2.86 bits per heavy atom. The molecule has 2 atom stereocenters. The van der Waals surface area contributed by atoms with Crippen molar-refractivity contribution in [3.8, 4) is 0 Å². The lowest BCUT2D eigenvalue weighted by molar-refractivity contribution is 0.117. The number of furan rings is 1. The SMILES string of the molecule is c1coc(CCNC(=NCC2CCCO2)N2CCC(CN3CCCCC3)C2)c1. The number of guanidine groups is 1. The summed E-state index contributed by atoms with van der Waals surface area (Å²) in [5.41, 5.74) is 0. The van der Waals surface area contributed by atoms with Crippen LogP contribution in [0.3, 0.4) is 0 Å². The van der Waals surface area contributed by atoms with Gasteiger partial charge in [0.1, 0.15) is 5.76 Å². The molecule has 2 unspecified atom stereocenters. The first-order valence-corrected chi connectivity index (χ1v) is 11.3. The van der Waals surface area contributed by atoms with Crippen LogP contribution in [-0.4, -0.2) is 74.3 Å². The van der Waals surface area contributed by atoms with Gasteiger partial charge in [0.05, 0.1) is 18.9 Å². The molecule has 3 aliphatic rings. The van der Waals surface area contributed by atoms with Crippen LogP contribution in [0.15, 0.2) is 27.8 Å². The Hall–Kier alpha value is -1.53. The normalized spacial score (nSPS) is 26.9. The average Bonchev–Trinajstić information content (AvgIpc) is 3.48. The van der Waals surface area contributed by atoms with Crippen LogP contribution in [0.4, 0.5) is 0 Å². The first-order valence-electron chi connectivity index (χ1n) is 11.3. The third-order valence-electron chi connectivity index (χ3n) is 6.25. The van der Waals surface area contributed by atoms with Crippen LogP contribution in [-0.2, 0) is 11.2 Å². The highest BCUT2D eigenvalue weighted by Gasteiger charge is 2.27. The fourth-order valence-electron chi connectivity index (χ4n) is 4.68. The average molecular weight is 389 g/mol. The van der Waals surface area contributed by atoms with E-state index in [2.05, 4.69) is 15.1 Å². The van der Waals surface area contributed by atoms with Crippen molar-refractivity contribution in [2.45, 2.75) is 51.0 Å². The van der Waals surface area contributed by atoms with Gasteiger partial charge in [0.15, 0.2) is 5.96 Å². The Kier molecular flexibility index (Phi) is 7.28. The predicted molar refractivity (Wildman–Crippen MR) is 112 cm³/mol. The van der Waals surface area contributed by atoms with Crippen LogP contribution >= 0.6 is 0 Å². The Labute approximate surface area is 169 Å². The van der Waals surface area contributed by atoms with E-state index in [1.807, 2.05) is 12.1 Å². The summed E-state index contributed by atoms with van der Waals surface area (Å²) in [5, 5.41) is 3.59. The summed E-state index contributed by atoms with van der Waals surface area (Å²) in [5.74, 6) is 2.84. The third kappa shape index (κ3) is 5.74. The lowest BCUT2D eigenvalue weighted by atomic mass is 10.1. The van der Waals surface area contributed by atoms with Gasteiger partial charge in [-0.1, -0.05) is 6.42 Å². The van der Waals surface area contributed by atoms with Crippen LogP contribution in [0.25, 0.3) is 0 Å². The molecule has 28 heavy (non-hydrogen) atoms. The van der Waals surface area contributed by atoms with Gasteiger partial charge in [-0.2, -0.15) is 0 Å². The standard InChI is InChI=1S/C22H36N4O2/c1-2-11-25(12-3-1)17-19-9-13-26(18-19)22(24-16-21-7-5-15-28-21)23-10-8-20-6-4-14-27-20/h4,6,14,19,21H,1-3,5,7-13,15-18H2,(H,23,24). The first kappa shape index (κ1) is 19.8.